The summed E-state index contributed by atoms with van der Waals surface area (Å²) >= 11 is 0. The second-order valence-corrected chi connectivity index (χ2v) is 24.3. The van der Waals surface area contributed by atoms with E-state index in [4.69, 9.17) is 19.3 Å². The maximum Gasteiger partial charge on any atom is 0.407 e. The third-order valence-electron chi connectivity index (χ3n) is 18.3. The van der Waals surface area contributed by atoms with Gasteiger partial charge in [-0.05, 0) is 165 Å². The van der Waals surface area contributed by atoms with Crippen molar-refractivity contribution >= 4 is 29.3 Å². The first-order valence-corrected chi connectivity index (χ1v) is 30.3. The van der Waals surface area contributed by atoms with Crippen LogP contribution >= 0.6 is 0 Å². The van der Waals surface area contributed by atoms with Gasteiger partial charge in [-0.1, -0.05) is 143 Å². The van der Waals surface area contributed by atoms with Gasteiger partial charge in [0.15, 0.2) is 0 Å². The monoisotopic (exact) mass is 1040 g/mol. The predicted molar refractivity (Wildman–Crippen MR) is 303 cm³/mol. The number of allylic oxidation sites excluding steroid dienone is 1. The highest BCUT2D eigenvalue weighted by Crippen LogP contribution is 2.67. The van der Waals surface area contributed by atoms with Crippen LogP contribution in [0.3, 0.4) is 0 Å². The zero-order valence-corrected chi connectivity index (χ0v) is 47.4. The molecule has 0 aromatic heterocycles. The molecule has 4 aliphatic carbocycles. The van der Waals surface area contributed by atoms with Gasteiger partial charge in [0.2, 0.25) is 5.91 Å². The summed E-state index contributed by atoms with van der Waals surface area (Å²) < 4.78 is 17.8. The highest BCUT2D eigenvalue weighted by atomic mass is 16.6. The first-order chi connectivity index (χ1) is 36.3. The molecule has 4 aliphatic rings. The normalized spacial score (nSPS) is 24.5. The average Bonchev–Trinajstić information content (AvgIpc) is 3.76. The number of ether oxygens (including phenoxy) is 3. The molecule has 2 aromatic rings. The average molecular weight is 1040 g/mol. The zero-order valence-electron chi connectivity index (χ0n) is 47.4. The number of nitrogens with one attached hydrogen (secondary N) is 2. The molecule has 8 atom stereocenters. The summed E-state index contributed by atoms with van der Waals surface area (Å²) in [6, 6.07) is 15.4. The summed E-state index contributed by atoms with van der Waals surface area (Å²) in [6.07, 6.45) is 34.2. The molecule has 3 fully saturated rings. The number of carbonyl (C=O) groups excluding carboxylic acids is 2. The fourth-order valence-electron chi connectivity index (χ4n) is 14.0. The minimum Gasteiger partial charge on any atom is -0.494 e. The zero-order chi connectivity index (χ0) is 53.3. The number of carboxylic acids is 1. The van der Waals surface area contributed by atoms with E-state index in [2.05, 4.69) is 61.6 Å². The Morgan fingerprint density at radius 2 is 1.17 bits per heavy atom. The predicted octanol–water partition coefficient (Wildman–Crippen LogP) is 17.2. The van der Waals surface area contributed by atoms with Gasteiger partial charge in [0.1, 0.15) is 17.6 Å². The van der Waals surface area contributed by atoms with Gasteiger partial charge in [-0.2, -0.15) is 10.2 Å². The van der Waals surface area contributed by atoms with Crippen LogP contribution in [0.15, 0.2) is 70.4 Å². The van der Waals surface area contributed by atoms with Crippen LogP contribution in [0, 0.1) is 46.3 Å². The Kier molecular flexibility index (Phi) is 25.3. The van der Waals surface area contributed by atoms with E-state index < -0.39 is 5.97 Å². The van der Waals surface area contributed by atoms with Crippen LogP contribution in [0.1, 0.15) is 221 Å². The van der Waals surface area contributed by atoms with Gasteiger partial charge >= 0.3 is 12.1 Å². The number of alkyl carbamates (subject to hydrolysis) is 1. The lowest BCUT2D eigenvalue weighted by Crippen LogP contribution is -2.51. The molecular formula is C64H100N4O7. The lowest BCUT2D eigenvalue weighted by Gasteiger charge is -2.58. The van der Waals surface area contributed by atoms with Gasteiger partial charge in [0.05, 0.1) is 24.6 Å². The number of nitrogens with zero attached hydrogens (tertiary/aromatic N) is 2. The molecule has 75 heavy (non-hydrogen) atoms. The highest BCUT2D eigenvalue weighted by molar-refractivity contribution is 5.76. The first kappa shape index (κ1) is 59.8. The Labute approximate surface area is 453 Å². The van der Waals surface area contributed by atoms with Crippen molar-refractivity contribution in [1.29, 1.82) is 0 Å². The minimum atomic E-state index is -0.698. The van der Waals surface area contributed by atoms with Gasteiger partial charge in [-0.15, -0.1) is 0 Å². The van der Waals surface area contributed by atoms with Gasteiger partial charge < -0.3 is 30.0 Å². The van der Waals surface area contributed by atoms with E-state index in [1.165, 1.54) is 89.9 Å². The third-order valence-corrected chi connectivity index (χ3v) is 18.3. The van der Waals surface area contributed by atoms with Crippen molar-refractivity contribution in [3.05, 3.63) is 60.2 Å². The summed E-state index contributed by atoms with van der Waals surface area (Å²) in [5.41, 5.74) is 3.82. The number of aliphatic carboxylic acids is 1. The highest BCUT2D eigenvalue weighted by Gasteiger charge is 2.59. The SMILES string of the molecule is CC(C)CCC[C@@H](C)[C@H]1CC[C@H]2[C@@H]3CC=C4C[C@H](OC(=O)NCCNC(=O)CCCCCCCCCCOc5ccc(N=Nc6ccc(OCCCCCCCCCCC(=O)O)cc6)cc5)CC[C@]4(C)[C@H]3CC[C@]12C. The van der Waals surface area contributed by atoms with Crippen LogP contribution in [0.25, 0.3) is 0 Å². The molecule has 2 amide bonds. The number of amides is 2. The van der Waals surface area contributed by atoms with E-state index in [0.717, 1.165) is 142 Å². The largest absolute Gasteiger partial charge is 0.494 e. The van der Waals surface area contributed by atoms with E-state index in [0.29, 0.717) is 38.1 Å². The molecule has 0 aliphatic heterocycles. The fourth-order valence-corrected chi connectivity index (χ4v) is 14.0. The number of fused-ring (bicyclic) bond motifs is 5. The second kappa shape index (κ2) is 31.7. The number of benzene rings is 2. The van der Waals surface area contributed by atoms with E-state index in [-0.39, 0.29) is 29.9 Å². The van der Waals surface area contributed by atoms with Crippen LogP contribution in [-0.4, -0.2) is 55.5 Å². The summed E-state index contributed by atoms with van der Waals surface area (Å²) in [5.74, 6) is 5.96. The van der Waals surface area contributed by atoms with Crippen LogP contribution in [0.4, 0.5) is 16.2 Å². The van der Waals surface area contributed by atoms with Crippen molar-refractivity contribution in [1.82, 2.24) is 10.6 Å². The van der Waals surface area contributed by atoms with Crippen molar-refractivity contribution in [3.8, 4) is 11.5 Å². The van der Waals surface area contributed by atoms with Crippen LogP contribution in [0.2, 0.25) is 0 Å². The van der Waals surface area contributed by atoms with Crippen molar-refractivity contribution in [2.24, 2.45) is 56.6 Å². The third kappa shape index (κ3) is 19.5. The lowest BCUT2D eigenvalue weighted by atomic mass is 9.47. The molecule has 3 N–H and O–H groups in total. The molecule has 0 spiro atoms. The molecule has 11 nitrogen and oxygen atoms in total. The quantitative estimate of drug-likeness (QED) is 0.0354. The van der Waals surface area contributed by atoms with Crippen molar-refractivity contribution < 1.29 is 33.7 Å². The van der Waals surface area contributed by atoms with Gasteiger partial charge in [-0.3, -0.25) is 9.59 Å². The molecule has 0 unspecified atom stereocenters. The summed E-state index contributed by atoms with van der Waals surface area (Å²) in [7, 11) is 0. The molecule has 6 rings (SSSR count). The van der Waals surface area contributed by atoms with Gasteiger partial charge in [0.25, 0.3) is 0 Å². The topological polar surface area (TPSA) is 148 Å². The molecular weight excluding hydrogens is 937 g/mol. The van der Waals surface area contributed by atoms with Crippen LogP contribution in [0.5, 0.6) is 11.5 Å². The molecule has 3 saturated carbocycles. The maximum atomic E-state index is 12.8. The van der Waals surface area contributed by atoms with Crippen molar-refractivity contribution in [2.45, 2.75) is 227 Å². The first-order valence-electron chi connectivity index (χ1n) is 30.3. The van der Waals surface area contributed by atoms with Gasteiger partial charge in [-0.25, -0.2) is 4.79 Å². The Morgan fingerprint density at radius 3 is 1.75 bits per heavy atom. The number of carboxylic acid groups (broad SMARTS) is 1. The van der Waals surface area contributed by atoms with Crippen molar-refractivity contribution in [2.75, 3.05) is 26.3 Å². The number of azo groups is 1. The molecule has 0 heterocycles. The molecule has 0 radical (unpaired) electrons. The lowest BCUT2D eigenvalue weighted by molar-refractivity contribution is -0.137. The second-order valence-electron chi connectivity index (χ2n) is 24.3. The minimum absolute atomic E-state index is 0.0496. The number of hydrogen-bond donors (Lipinski definition) is 3. The van der Waals surface area contributed by atoms with Crippen molar-refractivity contribution in [3.63, 3.8) is 0 Å². The smallest absolute Gasteiger partial charge is 0.407 e. The van der Waals surface area contributed by atoms with Crippen LogP contribution < -0.4 is 20.1 Å². The molecule has 0 bridgehead atoms. The summed E-state index contributed by atoms with van der Waals surface area (Å²) in [6.45, 7) is 14.7. The van der Waals surface area contributed by atoms with Crippen LogP contribution in [-0.2, 0) is 14.3 Å². The van der Waals surface area contributed by atoms with E-state index in [9.17, 15) is 14.4 Å². The molecule has 2 aromatic carbocycles. The fraction of sp³-hybridized carbons (Fsp3) is 0.734. The Balaban J connectivity index is 0.719. The number of carbonyl (C=O) groups is 3. The number of rotatable bonds is 35. The Morgan fingerprint density at radius 1 is 0.627 bits per heavy atom. The van der Waals surface area contributed by atoms with E-state index in [1.54, 1.807) is 5.57 Å². The van der Waals surface area contributed by atoms with E-state index in [1.807, 2.05) is 48.5 Å². The van der Waals surface area contributed by atoms with Gasteiger partial charge in [0, 0.05) is 32.4 Å². The molecule has 0 saturated heterocycles. The van der Waals surface area contributed by atoms with E-state index >= 15 is 0 Å². The number of unbranched alkanes of at least 4 members (excludes halogenated alkanes) is 14. The molecule has 11 heteroatoms. The molecule has 418 valence electrons. The summed E-state index contributed by atoms with van der Waals surface area (Å²) in [5, 5.41) is 23.3. The Hall–Kier alpha value is -4.41. The number of hydrogen-bond acceptors (Lipinski definition) is 8. The standard InChI is InChI=1S/C64H100N4O7/c1-48(2)23-22-24-49(3)57-37-38-58-56-36-27-50-47-55(39-41-63(50,4)59(56)40-42-64(57,58)5)75-62(72)66-44-43-65-60(69)25-18-14-10-6-8-12-16-20-45-73-53-32-28-51(29-33-53)67-68-52-30-34-54(35-31-52)74-46-21-17-13-9-7-11-15-19-26-61(70)71/h27-35,48-49,55-59H,6-26,36-47H2,1-5H3,(H,65,69)(H,66,72)(H,70,71)/t49-,55-,56+,57-,58+,59+,63+,64-/m1/s1. The summed E-state index contributed by atoms with van der Waals surface area (Å²) in [4.78, 5) is 35.9. The Bertz CT molecular complexity index is 2060. The maximum absolute atomic E-state index is 12.8.